The number of ketones is 1. The second-order valence-electron chi connectivity index (χ2n) is 5.15. The predicted octanol–water partition coefficient (Wildman–Crippen LogP) is 3.75. The molecular weight excluding hydrogens is 308 g/mol. The standard InChI is InChI=1S/C19H22O5/c1-14(20)15-5-10-18(19(13-15)22-3)24-12-4-11-23-17-8-6-16(21-2)7-9-17/h5-10,13H,4,11-12H2,1-3H3. The summed E-state index contributed by atoms with van der Waals surface area (Å²) < 4.78 is 21.7. The summed E-state index contributed by atoms with van der Waals surface area (Å²) in [4.78, 5) is 11.4. The number of carbonyl (C=O) groups excluding carboxylic acids is 1. The van der Waals surface area contributed by atoms with E-state index < -0.39 is 0 Å². The molecule has 2 rings (SSSR count). The van der Waals surface area contributed by atoms with Gasteiger partial charge in [-0.3, -0.25) is 4.79 Å². The number of benzene rings is 2. The summed E-state index contributed by atoms with van der Waals surface area (Å²) in [6.45, 7) is 2.55. The lowest BCUT2D eigenvalue weighted by Crippen LogP contribution is -2.06. The number of ether oxygens (including phenoxy) is 4. The Bertz CT molecular complexity index is 664. The molecule has 0 heterocycles. The molecule has 128 valence electrons. The Morgan fingerprint density at radius 3 is 2.12 bits per heavy atom. The number of rotatable bonds is 9. The van der Waals surface area contributed by atoms with Gasteiger partial charge in [-0.05, 0) is 49.4 Å². The Morgan fingerprint density at radius 1 is 0.833 bits per heavy atom. The van der Waals surface area contributed by atoms with Crippen molar-refractivity contribution in [3.63, 3.8) is 0 Å². The molecule has 0 aliphatic heterocycles. The van der Waals surface area contributed by atoms with Crippen molar-refractivity contribution in [3.8, 4) is 23.0 Å². The van der Waals surface area contributed by atoms with Gasteiger partial charge < -0.3 is 18.9 Å². The van der Waals surface area contributed by atoms with Crippen LogP contribution in [-0.4, -0.2) is 33.2 Å². The Balaban J connectivity index is 1.78. The van der Waals surface area contributed by atoms with Crippen molar-refractivity contribution in [2.24, 2.45) is 0 Å². The first kappa shape index (κ1) is 17.7. The van der Waals surface area contributed by atoms with E-state index in [9.17, 15) is 4.79 Å². The molecule has 5 nitrogen and oxygen atoms in total. The lowest BCUT2D eigenvalue weighted by Gasteiger charge is -2.12. The van der Waals surface area contributed by atoms with Crippen LogP contribution in [0.15, 0.2) is 42.5 Å². The first-order valence-electron chi connectivity index (χ1n) is 7.72. The van der Waals surface area contributed by atoms with Crippen molar-refractivity contribution >= 4 is 5.78 Å². The van der Waals surface area contributed by atoms with Gasteiger partial charge in [0.2, 0.25) is 0 Å². The summed E-state index contributed by atoms with van der Waals surface area (Å²) in [5, 5.41) is 0. The van der Waals surface area contributed by atoms with E-state index in [0.717, 1.165) is 17.9 Å². The highest BCUT2D eigenvalue weighted by Crippen LogP contribution is 2.28. The van der Waals surface area contributed by atoms with Crippen molar-refractivity contribution < 1.29 is 23.7 Å². The van der Waals surface area contributed by atoms with E-state index in [1.807, 2.05) is 24.3 Å². The average molecular weight is 330 g/mol. The molecule has 0 saturated heterocycles. The van der Waals surface area contributed by atoms with Gasteiger partial charge in [-0.25, -0.2) is 0 Å². The molecule has 0 N–H and O–H groups in total. The van der Waals surface area contributed by atoms with Crippen LogP contribution < -0.4 is 18.9 Å². The highest BCUT2D eigenvalue weighted by atomic mass is 16.5. The second kappa shape index (κ2) is 8.82. The summed E-state index contributed by atoms with van der Waals surface area (Å²) in [6.07, 6.45) is 0.726. The van der Waals surface area contributed by atoms with Crippen LogP contribution in [0.3, 0.4) is 0 Å². The topological polar surface area (TPSA) is 54.0 Å². The fraction of sp³-hybridized carbons (Fsp3) is 0.316. The maximum absolute atomic E-state index is 11.4. The quantitative estimate of drug-likeness (QED) is 0.518. The Labute approximate surface area is 142 Å². The van der Waals surface area contributed by atoms with Gasteiger partial charge in [0.1, 0.15) is 11.5 Å². The zero-order valence-corrected chi connectivity index (χ0v) is 14.2. The lowest BCUT2D eigenvalue weighted by atomic mass is 10.1. The third kappa shape index (κ3) is 4.91. The molecule has 24 heavy (non-hydrogen) atoms. The van der Waals surface area contributed by atoms with Gasteiger partial charge in [0.15, 0.2) is 17.3 Å². The minimum absolute atomic E-state index is 0.00672. The maximum Gasteiger partial charge on any atom is 0.161 e. The fourth-order valence-electron chi connectivity index (χ4n) is 2.11. The summed E-state index contributed by atoms with van der Waals surface area (Å²) in [7, 11) is 3.18. The molecular formula is C19H22O5. The predicted molar refractivity (Wildman–Crippen MR) is 91.6 cm³/mol. The van der Waals surface area contributed by atoms with E-state index in [0.29, 0.717) is 30.3 Å². The summed E-state index contributed by atoms with van der Waals surface area (Å²) in [6, 6.07) is 12.6. The van der Waals surface area contributed by atoms with E-state index >= 15 is 0 Å². The van der Waals surface area contributed by atoms with Crippen LogP contribution in [-0.2, 0) is 0 Å². The number of carbonyl (C=O) groups is 1. The number of Topliss-reactive ketones (excluding diaryl/α,β-unsaturated/α-hetero) is 1. The highest BCUT2D eigenvalue weighted by Gasteiger charge is 2.08. The highest BCUT2D eigenvalue weighted by molar-refractivity contribution is 5.94. The van der Waals surface area contributed by atoms with Gasteiger partial charge in [0.05, 0.1) is 27.4 Å². The first-order chi connectivity index (χ1) is 11.6. The summed E-state index contributed by atoms with van der Waals surface area (Å²) >= 11 is 0. The van der Waals surface area contributed by atoms with Crippen LogP contribution in [0.25, 0.3) is 0 Å². The normalized spacial score (nSPS) is 10.1. The van der Waals surface area contributed by atoms with E-state index in [1.165, 1.54) is 6.92 Å². The smallest absolute Gasteiger partial charge is 0.161 e. The van der Waals surface area contributed by atoms with Crippen molar-refractivity contribution in [1.82, 2.24) is 0 Å². The van der Waals surface area contributed by atoms with Gasteiger partial charge in [-0.15, -0.1) is 0 Å². The molecule has 0 aliphatic carbocycles. The molecule has 0 bridgehead atoms. The lowest BCUT2D eigenvalue weighted by molar-refractivity contribution is 0.101. The third-order valence-corrected chi connectivity index (χ3v) is 3.44. The monoisotopic (exact) mass is 330 g/mol. The number of methoxy groups -OCH3 is 2. The van der Waals surface area contributed by atoms with E-state index in [1.54, 1.807) is 32.4 Å². The van der Waals surface area contributed by atoms with Crippen LogP contribution in [0.1, 0.15) is 23.7 Å². The van der Waals surface area contributed by atoms with Crippen LogP contribution in [0.4, 0.5) is 0 Å². The number of hydrogen-bond acceptors (Lipinski definition) is 5. The molecule has 0 amide bonds. The first-order valence-corrected chi connectivity index (χ1v) is 7.72. The molecule has 2 aromatic carbocycles. The van der Waals surface area contributed by atoms with Crippen LogP contribution in [0, 0.1) is 0 Å². The molecule has 0 atom stereocenters. The van der Waals surface area contributed by atoms with Gasteiger partial charge >= 0.3 is 0 Å². The molecule has 0 fully saturated rings. The van der Waals surface area contributed by atoms with Crippen molar-refractivity contribution in [2.45, 2.75) is 13.3 Å². The molecule has 5 heteroatoms. The zero-order chi connectivity index (χ0) is 17.4. The van der Waals surface area contributed by atoms with E-state index in [2.05, 4.69) is 0 Å². The van der Waals surface area contributed by atoms with Gasteiger partial charge in [-0.2, -0.15) is 0 Å². The Morgan fingerprint density at radius 2 is 1.50 bits per heavy atom. The largest absolute Gasteiger partial charge is 0.497 e. The van der Waals surface area contributed by atoms with Crippen LogP contribution in [0.5, 0.6) is 23.0 Å². The minimum atomic E-state index is -0.00672. The maximum atomic E-state index is 11.4. The molecule has 0 spiro atoms. The van der Waals surface area contributed by atoms with E-state index in [-0.39, 0.29) is 5.78 Å². The van der Waals surface area contributed by atoms with Crippen molar-refractivity contribution in [3.05, 3.63) is 48.0 Å². The SMILES string of the molecule is COc1ccc(OCCCOc2ccc(C(C)=O)cc2OC)cc1. The summed E-state index contributed by atoms with van der Waals surface area (Å²) in [5.41, 5.74) is 0.599. The molecule has 0 unspecified atom stereocenters. The molecule has 0 radical (unpaired) electrons. The van der Waals surface area contributed by atoms with Gasteiger partial charge in [-0.1, -0.05) is 0 Å². The molecule has 2 aromatic rings. The second-order valence-corrected chi connectivity index (χ2v) is 5.15. The van der Waals surface area contributed by atoms with Gasteiger partial charge in [0.25, 0.3) is 0 Å². The molecule has 0 aliphatic rings. The van der Waals surface area contributed by atoms with Gasteiger partial charge in [0, 0.05) is 12.0 Å². The third-order valence-electron chi connectivity index (χ3n) is 3.44. The van der Waals surface area contributed by atoms with Crippen LogP contribution >= 0.6 is 0 Å². The Kier molecular flexibility index (Phi) is 6.49. The van der Waals surface area contributed by atoms with E-state index in [4.69, 9.17) is 18.9 Å². The van der Waals surface area contributed by atoms with Crippen molar-refractivity contribution in [1.29, 1.82) is 0 Å². The average Bonchev–Trinajstić information content (AvgIpc) is 2.61. The molecule has 0 saturated carbocycles. The number of hydrogen-bond donors (Lipinski definition) is 0. The fourth-order valence-corrected chi connectivity index (χ4v) is 2.11. The zero-order valence-electron chi connectivity index (χ0n) is 14.2. The van der Waals surface area contributed by atoms with Crippen molar-refractivity contribution in [2.75, 3.05) is 27.4 Å². The minimum Gasteiger partial charge on any atom is -0.497 e. The van der Waals surface area contributed by atoms with Crippen LogP contribution in [0.2, 0.25) is 0 Å². The summed E-state index contributed by atoms with van der Waals surface area (Å²) in [5.74, 6) is 2.75. The molecule has 0 aromatic heterocycles. The Hall–Kier alpha value is -2.69.